The molecule has 0 aromatic heterocycles. The highest BCUT2D eigenvalue weighted by atomic mass is 16.7. The molecule has 0 spiro atoms. The highest BCUT2D eigenvalue weighted by Gasteiger charge is 2.23. The molecule has 2 heteroatoms. The third kappa shape index (κ3) is 6.82. The van der Waals surface area contributed by atoms with Gasteiger partial charge in [0, 0.05) is 6.42 Å². The van der Waals surface area contributed by atoms with Gasteiger partial charge in [-0.05, 0) is 54.7 Å². The Morgan fingerprint density at radius 3 is 2.04 bits per heavy atom. The predicted octanol–water partition coefficient (Wildman–Crippen LogP) is 7.47. The Morgan fingerprint density at radius 2 is 1.44 bits per heavy atom. The third-order valence-corrected chi connectivity index (χ3v) is 6.82. The van der Waals surface area contributed by atoms with Crippen molar-refractivity contribution in [3.8, 4) is 5.75 Å². The molecule has 2 unspecified atom stereocenters. The van der Waals surface area contributed by atoms with Crippen LogP contribution in [0, 0.1) is 11.8 Å². The summed E-state index contributed by atoms with van der Waals surface area (Å²) in [7, 11) is 0. The summed E-state index contributed by atoms with van der Waals surface area (Å²) in [5, 5.41) is 0. The molecule has 2 atom stereocenters. The minimum absolute atomic E-state index is 0.0792. The molecular weight excluding hydrogens is 332 g/mol. The van der Waals surface area contributed by atoms with E-state index in [0.29, 0.717) is 5.92 Å². The molecule has 2 fully saturated rings. The van der Waals surface area contributed by atoms with Gasteiger partial charge in [0.05, 0.1) is 6.61 Å². The van der Waals surface area contributed by atoms with E-state index in [1.165, 1.54) is 76.2 Å². The van der Waals surface area contributed by atoms with Gasteiger partial charge in [0.2, 0.25) is 0 Å². The summed E-state index contributed by atoms with van der Waals surface area (Å²) in [5.74, 6) is 3.09. The largest absolute Gasteiger partial charge is 0.465 e. The maximum atomic E-state index is 6.36. The van der Waals surface area contributed by atoms with Gasteiger partial charge in [0.25, 0.3) is 0 Å². The number of benzene rings is 1. The van der Waals surface area contributed by atoms with E-state index in [1.807, 2.05) is 0 Å². The summed E-state index contributed by atoms with van der Waals surface area (Å²) < 4.78 is 12.7. The van der Waals surface area contributed by atoms with Gasteiger partial charge in [-0.15, -0.1) is 0 Å². The van der Waals surface area contributed by atoms with Crippen molar-refractivity contribution in [3.63, 3.8) is 0 Å². The van der Waals surface area contributed by atoms with Gasteiger partial charge >= 0.3 is 0 Å². The average Bonchev–Trinajstić information content (AvgIpc) is 2.73. The molecule has 0 N–H and O–H groups in total. The van der Waals surface area contributed by atoms with Crippen LogP contribution in [0.2, 0.25) is 0 Å². The van der Waals surface area contributed by atoms with Crippen LogP contribution < -0.4 is 4.74 Å². The van der Waals surface area contributed by atoms with Crippen molar-refractivity contribution in [2.75, 3.05) is 6.61 Å². The average molecular weight is 373 g/mol. The van der Waals surface area contributed by atoms with E-state index in [9.17, 15) is 0 Å². The van der Waals surface area contributed by atoms with Crippen LogP contribution in [0.15, 0.2) is 24.3 Å². The van der Waals surface area contributed by atoms with Gasteiger partial charge < -0.3 is 9.47 Å². The second-order valence-corrected chi connectivity index (χ2v) is 9.00. The Labute approximate surface area is 167 Å². The molecule has 0 radical (unpaired) electrons. The molecule has 2 nitrogen and oxygen atoms in total. The molecular formula is C25H40O2. The zero-order chi connectivity index (χ0) is 18.9. The summed E-state index contributed by atoms with van der Waals surface area (Å²) >= 11 is 0. The van der Waals surface area contributed by atoms with Gasteiger partial charge in [-0.1, -0.05) is 77.3 Å². The lowest BCUT2D eigenvalue weighted by molar-refractivity contribution is -0.108. The lowest BCUT2D eigenvalue weighted by Crippen LogP contribution is -2.28. The highest BCUT2D eigenvalue weighted by Crippen LogP contribution is 2.31. The Hall–Kier alpha value is -1.02. The molecule has 0 heterocycles. The van der Waals surface area contributed by atoms with Crippen molar-refractivity contribution in [2.45, 2.75) is 103 Å². The van der Waals surface area contributed by atoms with Gasteiger partial charge in [-0.2, -0.15) is 0 Å². The molecule has 2 aliphatic carbocycles. The zero-order valence-electron chi connectivity index (χ0n) is 17.6. The van der Waals surface area contributed by atoms with Crippen LogP contribution in [-0.2, 0) is 4.74 Å². The van der Waals surface area contributed by atoms with Crippen LogP contribution in [0.25, 0.3) is 0 Å². The molecule has 152 valence electrons. The standard InChI is InChI=1S/C25H40O2/c1-3-20(2)23-14-16-24(17-15-23)27-25(18-21-10-6-4-7-11-21)26-19-22-12-8-5-9-13-22/h14-17,20-22,25H,3-13,18-19H2,1-2H3. The SMILES string of the molecule is CCC(C)c1ccc(OC(CC2CCCCC2)OCC2CCCCC2)cc1. The summed E-state index contributed by atoms with van der Waals surface area (Å²) in [6.45, 7) is 5.41. The molecule has 2 saturated carbocycles. The van der Waals surface area contributed by atoms with Crippen molar-refractivity contribution in [2.24, 2.45) is 11.8 Å². The van der Waals surface area contributed by atoms with E-state index in [0.717, 1.165) is 30.6 Å². The van der Waals surface area contributed by atoms with Crippen LogP contribution in [0.3, 0.4) is 0 Å². The zero-order valence-corrected chi connectivity index (χ0v) is 17.6. The van der Waals surface area contributed by atoms with Crippen LogP contribution >= 0.6 is 0 Å². The second-order valence-electron chi connectivity index (χ2n) is 9.00. The minimum atomic E-state index is -0.0792. The van der Waals surface area contributed by atoms with Crippen molar-refractivity contribution in [3.05, 3.63) is 29.8 Å². The van der Waals surface area contributed by atoms with Crippen LogP contribution in [0.4, 0.5) is 0 Å². The molecule has 1 aromatic rings. The summed E-state index contributed by atoms with van der Waals surface area (Å²) in [6.07, 6.45) is 15.8. The quantitative estimate of drug-likeness (QED) is 0.418. The topological polar surface area (TPSA) is 18.5 Å². The van der Waals surface area contributed by atoms with E-state index >= 15 is 0 Å². The first-order valence-corrected chi connectivity index (χ1v) is 11.6. The van der Waals surface area contributed by atoms with Crippen LogP contribution in [0.5, 0.6) is 5.75 Å². The summed E-state index contributed by atoms with van der Waals surface area (Å²) in [4.78, 5) is 0. The smallest absolute Gasteiger partial charge is 0.200 e. The number of hydrogen-bond acceptors (Lipinski definition) is 2. The maximum absolute atomic E-state index is 6.36. The van der Waals surface area contributed by atoms with Gasteiger partial charge in [-0.3, -0.25) is 0 Å². The Balaban J connectivity index is 1.57. The fourth-order valence-electron chi connectivity index (χ4n) is 4.70. The number of ether oxygens (including phenoxy) is 2. The van der Waals surface area contributed by atoms with Crippen molar-refractivity contribution in [1.82, 2.24) is 0 Å². The van der Waals surface area contributed by atoms with E-state index in [1.54, 1.807) is 0 Å². The molecule has 1 aromatic carbocycles. The summed E-state index contributed by atoms with van der Waals surface area (Å²) in [6, 6.07) is 8.73. The lowest BCUT2D eigenvalue weighted by atomic mass is 9.87. The monoisotopic (exact) mass is 372 g/mol. The molecule has 3 rings (SSSR count). The van der Waals surface area contributed by atoms with Crippen molar-refractivity contribution < 1.29 is 9.47 Å². The van der Waals surface area contributed by atoms with Gasteiger partial charge in [0.15, 0.2) is 6.29 Å². The molecule has 2 aliphatic rings. The first kappa shape index (κ1) is 20.7. The van der Waals surface area contributed by atoms with E-state index in [4.69, 9.17) is 9.47 Å². The normalized spacial score (nSPS) is 21.7. The number of rotatable bonds is 9. The minimum Gasteiger partial charge on any atom is -0.465 e. The van der Waals surface area contributed by atoms with Gasteiger partial charge in [0.1, 0.15) is 5.75 Å². The first-order valence-electron chi connectivity index (χ1n) is 11.6. The summed E-state index contributed by atoms with van der Waals surface area (Å²) in [5.41, 5.74) is 1.40. The Morgan fingerprint density at radius 1 is 0.852 bits per heavy atom. The van der Waals surface area contributed by atoms with E-state index in [2.05, 4.69) is 38.1 Å². The van der Waals surface area contributed by atoms with E-state index in [-0.39, 0.29) is 6.29 Å². The van der Waals surface area contributed by atoms with Crippen molar-refractivity contribution in [1.29, 1.82) is 0 Å². The van der Waals surface area contributed by atoms with Gasteiger partial charge in [-0.25, -0.2) is 0 Å². The Kier molecular flexibility index (Phi) is 8.51. The Bertz CT molecular complexity index is 512. The molecule has 0 aliphatic heterocycles. The number of hydrogen-bond donors (Lipinski definition) is 0. The fraction of sp³-hybridized carbons (Fsp3) is 0.760. The molecule has 0 saturated heterocycles. The van der Waals surface area contributed by atoms with Crippen LogP contribution in [-0.4, -0.2) is 12.9 Å². The second kappa shape index (κ2) is 11.1. The highest BCUT2D eigenvalue weighted by molar-refractivity contribution is 5.29. The molecule has 0 bridgehead atoms. The van der Waals surface area contributed by atoms with Crippen molar-refractivity contribution >= 4 is 0 Å². The molecule has 0 amide bonds. The fourth-order valence-corrected chi connectivity index (χ4v) is 4.70. The lowest BCUT2D eigenvalue weighted by Gasteiger charge is -2.29. The van der Waals surface area contributed by atoms with E-state index < -0.39 is 0 Å². The first-order chi connectivity index (χ1) is 13.2. The predicted molar refractivity (Wildman–Crippen MR) is 113 cm³/mol. The van der Waals surface area contributed by atoms with Crippen LogP contribution in [0.1, 0.15) is 102 Å². The third-order valence-electron chi connectivity index (χ3n) is 6.82. The molecule has 27 heavy (non-hydrogen) atoms. The maximum Gasteiger partial charge on any atom is 0.200 e.